The van der Waals surface area contributed by atoms with E-state index in [9.17, 15) is 0 Å². The van der Waals surface area contributed by atoms with Crippen LogP contribution in [-0.4, -0.2) is 24.8 Å². The van der Waals surface area contributed by atoms with Crippen molar-refractivity contribution in [3.05, 3.63) is 0 Å². The summed E-state index contributed by atoms with van der Waals surface area (Å²) in [4.78, 5) is 0. The predicted octanol–water partition coefficient (Wildman–Crippen LogP) is 2.94. The van der Waals surface area contributed by atoms with E-state index >= 15 is 0 Å². The zero-order chi connectivity index (χ0) is 12.1. The third-order valence-electron chi connectivity index (χ3n) is 4.87. The molecular weight excluding hydrogens is 198 g/mol. The summed E-state index contributed by atoms with van der Waals surface area (Å²) >= 11 is 0. The monoisotopic (exact) mass is 222 g/mol. The molecule has 2 fully saturated rings. The molecule has 0 aromatic heterocycles. The highest BCUT2D eigenvalue weighted by molar-refractivity contribution is 7.17. The first-order valence-electron chi connectivity index (χ1n) is 6.58. The Balaban J connectivity index is 2.02. The first kappa shape index (κ1) is 12.5. The largest absolute Gasteiger partial charge is 0.436 e. The van der Waals surface area contributed by atoms with Crippen molar-refractivity contribution < 1.29 is 9.31 Å². The maximum atomic E-state index is 6.16. The van der Waals surface area contributed by atoms with E-state index in [2.05, 4.69) is 41.5 Å². The second-order valence-corrected chi connectivity index (χ2v) is 6.79. The van der Waals surface area contributed by atoms with Crippen molar-refractivity contribution in [2.24, 2.45) is 11.8 Å². The van der Waals surface area contributed by atoms with Gasteiger partial charge in [-0.25, -0.2) is 0 Å². The SMILES string of the molecule is CC1CB(B2CC(C)C(C)(C)O2)OC1(C)C. The lowest BCUT2D eigenvalue weighted by Gasteiger charge is -2.26. The van der Waals surface area contributed by atoms with Crippen molar-refractivity contribution in [3.63, 3.8) is 0 Å². The van der Waals surface area contributed by atoms with Crippen molar-refractivity contribution >= 4 is 13.6 Å². The lowest BCUT2D eigenvalue weighted by molar-refractivity contribution is 0.0848. The van der Waals surface area contributed by atoms with Gasteiger partial charge in [0.25, 0.3) is 13.6 Å². The number of hydrogen-bond donors (Lipinski definition) is 0. The minimum absolute atomic E-state index is 0.0179. The molecule has 2 atom stereocenters. The van der Waals surface area contributed by atoms with Gasteiger partial charge in [-0.3, -0.25) is 0 Å². The fraction of sp³-hybridized carbons (Fsp3) is 1.00. The third kappa shape index (κ3) is 2.06. The van der Waals surface area contributed by atoms with Crippen LogP contribution >= 0.6 is 0 Å². The molecule has 2 saturated heterocycles. The van der Waals surface area contributed by atoms with Crippen LogP contribution in [0.1, 0.15) is 41.5 Å². The van der Waals surface area contributed by atoms with Gasteiger partial charge in [0.15, 0.2) is 0 Å². The highest BCUT2D eigenvalue weighted by atomic mass is 16.5. The Morgan fingerprint density at radius 3 is 1.31 bits per heavy atom. The zero-order valence-corrected chi connectivity index (χ0v) is 11.5. The fourth-order valence-corrected chi connectivity index (χ4v) is 2.83. The van der Waals surface area contributed by atoms with E-state index in [0.29, 0.717) is 25.4 Å². The second-order valence-electron chi connectivity index (χ2n) is 6.79. The molecule has 2 aliphatic heterocycles. The average molecular weight is 222 g/mol. The van der Waals surface area contributed by atoms with E-state index in [1.807, 2.05) is 0 Å². The maximum Gasteiger partial charge on any atom is 0.293 e. The van der Waals surface area contributed by atoms with Gasteiger partial charge in [-0.15, -0.1) is 0 Å². The molecule has 0 aromatic rings. The minimum Gasteiger partial charge on any atom is -0.436 e. The van der Waals surface area contributed by atoms with Crippen LogP contribution in [0, 0.1) is 11.8 Å². The van der Waals surface area contributed by atoms with Crippen LogP contribution in [0.4, 0.5) is 0 Å². The standard InChI is InChI=1S/C12H24B2O2/c1-9-7-13(15-11(9,3)4)14-8-10(2)12(5,6)16-14/h9-10H,7-8H2,1-6H3. The van der Waals surface area contributed by atoms with Gasteiger partial charge in [0.1, 0.15) is 0 Å². The highest BCUT2D eigenvalue weighted by Gasteiger charge is 2.52. The molecule has 2 heterocycles. The van der Waals surface area contributed by atoms with E-state index < -0.39 is 0 Å². The molecule has 0 saturated carbocycles. The van der Waals surface area contributed by atoms with Gasteiger partial charge >= 0.3 is 0 Å². The maximum absolute atomic E-state index is 6.16. The molecule has 0 aromatic carbocycles. The zero-order valence-electron chi connectivity index (χ0n) is 11.5. The van der Waals surface area contributed by atoms with E-state index in [1.165, 1.54) is 0 Å². The number of rotatable bonds is 1. The molecule has 2 unspecified atom stereocenters. The normalized spacial score (nSPS) is 37.1. The molecule has 90 valence electrons. The van der Waals surface area contributed by atoms with Gasteiger partial charge in [-0.2, -0.15) is 0 Å². The Hall–Kier alpha value is 0.0499. The number of hydrogen-bond acceptors (Lipinski definition) is 2. The van der Waals surface area contributed by atoms with Crippen molar-refractivity contribution in [2.75, 3.05) is 0 Å². The topological polar surface area (TPSA) is 18.5 Å². The summed E-state index contributed by atoms with van der Waals surface area (Å²) in [7, 11) is 0. The molecule has 2 nitrogen and oxygen atoms in total. The van der Waals surface area contributed by atoms with Crippen LogP contribution in [0.5, 0.6) is 0 Å². The average Bonchev–Trinajstić information content (AvgIpc) is 2.53. The van der Waals surface area contributed by atoms with Crippen molar-refractivity contribution in [2.45, 2.75) is 65.4 Å². The van der Waals surface area contributed by atoms with E-state index in [0.717, 1.165) is 12.6 Å². The van der Waals surface area contributed by atoms with Crippen LogP contribution in [0.3, 0.4) is 0 Å². The highest BCUT2D eigenvalue weighted by Crippen LogP contribution is 2.41. The molecule has 0 spiro atoms. The van der Waals surface area contributed by atoms with Gasteiger partial charge in [0.2, 0.25) is 0 Å². The third-order valence-corrected chi connectivity index (χ3v) is 4.87. The van der Waals surface area contributed by atoms with Crippen molar-refractivity contribution in [1.82, 2.24) is 0 Å². The first-order chi connectivity index (χ1) is 7.22. The van der Waals surface area contributed by atoms with Crippen LogP contribution in [-0.2, 0) is 9.31 Å². The molecule has 0 N–H and O–H groups in total. The summed E-state index contributed by atoms with van der Waals surface area (Å²) < 4.78 is 12.3. The lowest BCUT2D eigenvalue weighted by atomic mass is 9.24. The smallest absolute Gasteiger partial charge is 0.293 e. The quantitative estimate of drug-likeness (QED) is 0.635. The Morgan fingerprint density at radius 1 is 0.812 bits per heavy atom. The van der Waals surface area contributed by atoms with E-state index in [1.54, 1.807) is 0 Å². The Kier molecular flexibility index (Phi) is 2.95. The summed E-state index contributed by atoms with van der Waals surface area (Å²) in [6.45, 7) is 13.9. The van der Waals surface area contributed by atoms with Crippen molar-refractivity contribution in [3.8, 4) is 0 Å². The Morgan fingerprint density at radius 2 is 1.12 bits per heavy atom. The molecule has 2 aliphatic rings. The molecule has 0 bridgehead atoms. The molecule has 4 heteroatoms. The predicted molar refractivity (Wildman–Crippen MR) is 69.8 cm³/mol. The lowest BCUT2D eigenvalue weighted by Crippen LogP contribution is -2.39. The molecule has 0 aliphatic carbocycles. The second kappa shape index (κ2) is 3.78. The molecule has 0 amide bonds. The van der Waals surface area contributed by atoms with Gasteiger partial charge in [-0.1, -0.05) is 13.8 Å². The fourth-order valence-electron chi connectivity index (χ4n) is 2.83. The molecular formula is C12H24B2O2. The minimum atomic E-state index is 0.0179. The summed E-state index contributed by atoms with van der Waals surface area (Å²) in [5.41, 5.74) is 0.0357. The summed E-state index contributed by atoms with van der Waals surface area (Å²) in [5, 5.41) is 0. The van der Waals surface area contributed by atoms with Crippen LogP contribution in [0.2, 0.25) is 12.6 Å². The Bertz CT molecular complexity index is 250. The van der Waals surface area contributed by atoms with Crippen LogP contribution in [0.15, 0.2) is 0 Å². The summed E-state index contributed by atoms with van der Waals surface area (Å²) in [5.74, 6) is 1.25. The first-order valence-corrected chi connectivity index (χ1v) is 6.58. The molecule has 16 heavy (non-hydrogen) atoms. The van der Waals surface area contributed by atoms with E-state index in [4.69, 9.17) is 9.31 Å². The summed E-state index contributed by atoms with van der Waals surface area (Å²) in [6, 6.07) is 0. The van der Waals surface area contributed by atoms with E-state index in [-0.39, 0.29) is 11.2 Å². The summed E-state index contributed by atoms with van der Waals surface area (Å²) in [6.07, 6.45) is 2.28. The van der Waals surface area contributed by atoms with Crippen LogP contribution < -0.4 is 0 Å². The van der Waals surface area contributed by atoms with Gasteiger partial charge in [-0.05, 0) is 52.2 Å². The molecule has 2 rings (SSSR count). The Labute approximate surface area is 101 Å². The van der Waals surface area contributed by atoms with Crippen LogP contribution in [0.25, 0.3) is 0 Å². The molecule has 0 radical (unpaired) electrons. The van der Waals surface area contributed by atoms with Crippen molar-refractivity contribution in [1.29, 1.82) is 0 Å². The van der Waals surface area contributed by atoms with Gasteiger partial charge in [0, 0.05) is 11.2 Å². The van der Waals surface area contributed by atoms with Gasteiger partial charge in [0.05, 0.1) is 0 Å². The van der Waals surface area contributed by atoms with Gasteiger partial charge < -0.3 is 9.31 Å².